The number of aliphatic carboxylic acids is 1. The van der Waals surface area contributed by atoms with Crippen molar-refractivity contribution in [1.29, 1.82) is 0 Å². The van der Waals surface area contributed by atoms with Crippen LogP contribution in [0, 0.1) is 0 Å². The van der Waals surface area contributed by atoms with Gasteiger partial charge in [-0.1, -0.05) is 66.7 Å². The molecular formula is C30H24F3N3O2. The molecule has 2 N–H and O–H groups in total. The number of halogens is 3. The van der Waals surface area contributed by atoms with Crippen LogP contribution in [0.3, 0.4) is 0 Å². The molecule has 0 spiro atoms. The molecule has 8 heteroatoms. The molecule has 1 heterocycles. The number of hydrogen-bond donors (Lipinski definition) is 2. The molecule has 0 bridgehead atoms. The molecule has 0 aliphatic carbocycles. The van der Waals surface area contributed by atoms with Crippen molar-refractivity contribution in [3.8, 4) is 11.3 Å². The molecule has 0 saturated carbocycles. The number of rotatable bonds is 8. The van der Waals surface area contributed by atoms with Crippen molar-refractivity contribution in [2.45, 2.75) is 25.6 Å². The summed E-state index contributed by atoms with van der Waals surface area (Å²) in [5.74, 6) is -0.847. The van der Waals surface area contributed by atoms with Crippen molar-refractivity contribution in [2.75, 3.05) is 5.32 Å². The zero-order valence-corrected chi connectivity index (χ0v) is 20.2. The summed E-state index contributed by atoms with van der Waals surface area (Å²) >= 11 is 0. The van der Waals surface area contributed by atoms with Gasteiger partial charge in [-0.15, -0.1) is 0 Å². The Balaban J connectivity index is 1.49. The fourth-order valence-electron chi connectivity index (χ4n) is 4.49. The number of nitrogens with one attached hydrogen (secondary N) is 1. The number of anilines is 2. The standard InChI is InChI=1S/C30H24F3N3O2/c31-30(32,33)26-11-5-10-25-28(26)35-36(19-21-6-2-1-3-7-21)29(25)22-13-15-23(16-14-22)34-24-9-4-8-20(18-24)12-17-27(37)38/h1-11,13-16,18,34H,12,17,19H2,(H,37,38). The van der Waals surface area contributed by atoms with Crippen molar-refractivity contribution in [1.82, 2.24) is 9.78 Å². The molecule has 0 unspecified atom stereocenters. The third kappa shape index (κ3) is 5.54. The largest absolute Gasteiger partial charge is 0.481 e. The van der Waals surface area contributed by atoms with E-state index in [1.165, 1.54) is 6.07 Å². The molecule has 0 radical (unpaired) electrons. The summed E-state index contributed by atoms with van der Waals surface area (Å²) in [6.07, 6.45) is -4.03. The molecule has 192 valence electrons. The number of alkyl halides is 3. The Morgan fingerprint density at radius 2 is 1.55 bits per heavy atom. The topological polar surface area (TPSA) is 67.2 Å². The molecule has 5 rings (SSSR count). The minimum atomic E-state index is -4.52. The lowest BCUT2D eigenvalue weighted by molar-refractivity contribution is -0.137. The predicted octanol–water partition coefficient (Wildman–Crippen LogP) is 7.53. The maximum atomic E-state index is 13.8. The van der Waals surface area contributed by atoms with Crippen LogP contribution in [0.4, 0.5) is 24.5 Å². The number of benzene rings is 4. The lowest BCUT2D eigenvalue weighted by atomic mass is 10.0. The van der Waals surface area contributed by atoms with E-state index in [2.05, 4.69) is 10.4 Å². The van der Waals surface area contributed by atoms with Crippen LogP contribution in [0.15, 0.2) is 97.1 Å². The number of carboxylic acid groups (broad SMARTS) is 1. The van der Waals surface area contributed by atoms with Gasteiger partial charge in [-0.25, -0.2) is 0 Å². The highest BCUT2D eigenvalue weighted by molar-refractivity contribution is 5.95. The molecule has 0 aliphatic rings. The number of carboxylic acids is 1. The van der Waals surface area contributed by atoms with Crippen molar-refractivity contribution >= 4 is 28.2 Å². The van der Waals surface area contributed by atoms with E-state index in [0.717, 1.165) is 34.1 Å². The van der Waals surface area contributed by atoms with E-state index >= 15 is 0 Å². The fraction of sp³-hybridized carbons (Fsp3) is 0.133. The summed E-state index contributed by atoms with van der Waals surface area (Å²) in [5, 5.41) is 17.1. The number of nitrogens with zero attached hydrogens (tertiary/aromatic N) is 2. The third-order valence-corrected chi connectivity index (χ3v) is 6.25. The first-order valence-corrected chi connectivity index (χ1v) is 12.1. The molecule has 4 aromatic carbocycles. The quantitative estimate of drug-likeness (QED) is 0.224. The molecule has 0 saturated heterocycles. The third-order valence-electron chi connectivity index (χ3n) is 6.25. The number of aromatic nitrogens is 2. The summed E-state index contributed by atoms with van der Waals surface area (Å²) in [6, 6.07) is 28.6. The summed E-state index contributed by atoms with van der Waals surface area (Å²) in [5.41, 5.74) is 3.95. The number of hydrogen-bond acceptors (Lipinski definition) is 3. The van der Waals surface area contributed by atoms with Gasteiger partial charge >= 0.3 is 12.1 Å². The molecule has 1 aromatic heterocycles. The van der Waals surface area contributed by atoms with Crippen LogP contribution >= 0.6 is 0 Å². The van der Waals surface area contributed by atoms with Gasteiger partial charge in [0.2, 0.25) is 0 Å². The van der Waals surface area contributed by atoms with Crippen LogP contribution in [0.5, 0.6) is 0 Å². The highest BCUT2D eigenvalue weighted by atomic mass is 19.4. The monoisotopic (exact) mass is 515 g/mol. The van der Waals surface area contributed by atoms with E-state index in [4.69, 9.17) is 5.11 Å². The average molecular weight is 516 g/mol. The Labute approximate surface area is 217 Å². The van der Waals surface area contributed by atoms with Crippen LogP contribution in [0.2, 0.25) is 0 Å². The maximum Gasteiger partial charge on any atom is 0.418 e. The van der Waals surface area contributed by atoms with E-state index in [0.29, 0.717) is 24.0 Å². The first-order valence-electron chi connectivity index (χ1n) is 12.1. The number of carbonyl (C=O) groups is 1. The second-order valence-corrected chi connectivity index (χ2v) is 8.99. The summed E-state index contributed by atoms with van der Waals surface area (Å²) < 4.78 is 43.0. The number of aryl methyl sites for hydroxylation is 1. The minimum Gasteiger partial charge on any atom is -0.481 e. The van der Waals surface area contributed by atoms with Gasteiger partial charge in [0.15, 0.2) is 0 Å². The van der Waals surface area contributed by atoms with Crippen LogP contribution in [-0.4, -0.2) is 20.9 Å². The Morgan fingerprint density at radius 1 is 0.842 bits per heavy atom. The van der Waals surface area contributed by atoms with Gasteiger partial charge in [-0.3, -0.25) is 9.48 Å². The number of fused-ring (bicyclic) bond motifs is 1. The highest BCUT2D eigenvalue weighted by Gasteiger charge is 2.34. The molecule has 0 fully saturated rings. The van der Waals surface area contributed by atoms with E-state index in [1.807, 2.05) is 78.9 Å². The van der Waals surface area contributed by atoms with Gasteiger partial charge in [0.25, 0.3) is 0 Å². The first kappa shape index (κ1) is 25.1. The van der Waals surface area contributed by atoms with Gasteiger partial charge in [0.05, 0.1) is 17.8 Å². The summed E-state index contributed by atoms with van der Waals surface area (Å²) in [7, 11) is 0. The van der Waals surface area contributed by atoms with Crippen LogP contribution in [-0.2, 0) is 23.9 Å². The molecule has 0 amide bonds. The second kappa shape index (κ2) is 10.4. The van der Waals surface area contributed by atoms with E-state index in [-0.39, 0.29) is 11.9 Å². The Kier molecular flexibility index (Phi) is 6.87. The smallest absolute Gasteiger partial charge is 0.418 e. The first-order chi connectivity index (χ1) is 18.3. The van der Waals surface area contributed by atoms with Gasteiger partial charge < -0.3 is 10.4 Å². The van der Waals surface area contributed by atoms with E-state index in [9.17, 15) is 18.0 Å². The lowest BCUT2D eigenvalue weighted by Gasteiger charge is -2.11. The van der Waals surface area contributed by atoms with Crippen LogP contribution < -0.4 is 5.32 Å². The van der Waals surface area contributed by atoms with E-state index < -0.39 is 17.7 Å². The molecule has 5 nitrogen and oxygen atoms in total. The summed E-state index contributed by atoms with van der Waals surface area (Å²) in [6.45, 7) is 0.325. The molecule has 38 heavy (non-hydrogen) atoms. The SMILES string of the molecule is O=C(O)CCc1cccc(Nc2ccc(-c3c4cccc(C(F)(F)F)c4nn3Cc3ccccc3)cc2)c1. The molecular weight excluding hydrogens is 491 g/mol. The molecule has 0 atom stereocenters. The van der Waals surface area contributed by atoms with Gasteiger partial charge in [-0.2, -0.15) is 18.3 Å². The van der Waals surface area contributed by atoms with Crippen molar-refractivity contribution in [2.24, 2.45) is 0 Å². The Hall–Kier alpha value is -4.59. The van der Waals surface area contributed by atoms with Gasteiger partial charge in [0, 0.05) is 28.7 Å². The second-order valence-electron chi connectivity index (χ2n) is 8.99. The highest BCUT2D eigenvalue weighted by Crippen LogP contribution is 2.38. The fourth-order valence-corrected chi connectivity index (χ4v) is 4.49. The Bertz CT molecular complexity index is 1580. The van der Waals surface area contributed by atoms with Gasteiger partial charge in [-0.05, 0) is 47.9 Å². The van der Waals surface area contributed by atoms with Crippen molar-refractivity contribution in [3.63, 3.8) is 0 Å². The zero-order chi connectivity index (χ0) is 26.7. The lowest BCUT2D eigenvalue weighted by Crippen LogP contribution is -2.06. The maximum absolute atomic E-state index is 13.8. The molecule has 5 aromatic rings. The molecule has 0 aliphatic heterocycles. The van der Waals surface area contributed by atoms with Crippen molar-refractivity contribution < 1.29 is 23.1 Å². The summed E-state index contributed by atoms with van der Waals surface area (Å²) in [4.78, 5) is 10.9. The minimum absolute atomic E-state index is 0.0544. The normalized spacial score (nSPS) is 11.6. The van der Waals surface area contributed by atoms with Gasteiger partial charge in [0.1, 0.15) is 5.52 Å². The zero-order valence-electron chi connectivity index (χ0n) is 20.2. The van der Waals surface area contributed by atoms with Crippen LogP contribution in [0.25, 0.3) is 22.2 Å². The van der Waals surface area contributed by atoms with E-state index in [1.54, 1.807) is 10.7 Å². The van der Waals surface area contributed by atoms with Crippen LogP contribution in [0.1, 0.15) is 23.1 Å². The average Bonchev–Trinajstić information content (AvgIpc) is 3.26. The predicted molar refractivity (Wildman–Crippen MR) is 141 cm³/mol. The Morgan fingerprint density at radius 3 is 2.26 bits per heavy atom. The van der Waals surface area contributed by atoms with Crippen molar-refractivity contribution in [3.05, 3.63) is 114 Å².